The van der Waals surface area contributed by atoms with Gasteiger partial charge >= 0.3 is 0 Å². The molecule has 200 valence electrons. The van der Waals surface area contributed by atoms with Gasteiger partial charge in [-0.25, -0.2) is 0 Å². The van der Waals surface area contributed by atoms with Crippen LogP contribution in [0.1, 0.15) is 74.9 Å². The highest BCUT2D eigenvalue weighted by Gasteiger charge is 2.34. The zero-order valence-electron chi connectivity index (χ0n) is 23.6. The predicted octanol–water partition coefficient (Wildman–Crippen LogP) is 4.83. The van der Waals surface area contributed by atoms with Gasteiger partial charge in [-0.2, -0.15) is 0 Å². The topological polar surface area (TPSA) is 52.1 Å². The van der Waals surface area contributed by atoms with E-state index in [1.54, 1.807) is 0 Å². The van der Waals surface area contributed by atoms with Crippen LogP contribution in [0.4, 0.5) is 5.69 Å². The fraction of sp³-hybridized carbons (Fsp3) is 0.633. The second-order valence-corrected chi connectivity index (χ2v) is 11.3. The number of anilines is 1. The lowest BCUT2D eigenvalue weighted by molar-refractivity contribution is -0.0688. The average Bonchev–Trinajstić information content (AvgIpc) is 2.85. The molecule has 0 saturated carbocycles. The number of nitrogens with zero attached hydrogens (tertiary/aromatic N) is 4. The van der Waals surface area contributed by atoms with E-state index < -0.39 is 5.60 Å². The van der Waals surface area contributed by atoms with Crippen LogP contribution >= 0.6 is 0 Å². The highest BCUT2D eigenvalue weighted by atomic mass is 16.5. The van der Waals surface area contributed by atoms with Gasteiger partial charge in [-0.05, 0) is 56.7 Å². The van der Waals surface area contributed by atoms with Crippen molar-refractivity contribution in [3.63, 3.8) is 0 Å². The van der Waals surface area contributed by atoms with Crippen molar-refractivity contribution in [3.05, 3.63) is 58.9 Å². The molecular formula is C30H48N4O2. The van der Waals surface area contributed by atoms with Crippen LogP contribution in [-0.4, -0.2) is 80.4 Å². The van der Waals surface area contributed by atoms with Crippen LogP contribution < -0.4 is 4.90 Å². The Hall–Kier alpha value is -1.99. The summed E-state index contributed by atoms with van der Waals surface area (Å²) < 4.78 is 5.38. The molecule has 2 aliphatic heterocycles. The number of rotatable bonds is 6. The molecule has 2 aliphatic rings. The van der Waals surface area contributed by atoms with Crippen LogP contribution in [0.15, 0.2) is 36.4 Å². The minimum Gasteiger partial charge on any atom is -0.385 e. The van der Waals surface area contributed by atoms with Gasteiger partial charge in [-0.3, -0.25) is 4.98 Å². The van der Waals surface area contributed by atoms with E-state index in [2.05, 4.69) is 79.8 Å². The molecule has 0 aliphatic carbocycles. The maximum absolute atomic E-state index is 10.9. The molecule has 6 heteroatoms. The van der Waals surface area contributed by atoms with Crippen LogP contribution in [0.2, 0.25) is 0 Å². The van der Waals surface area contributed by atoms with Crippen molar-refractivity contribution >= 4 is 5.69 Å². The molecule has 2 fully saturated rings. The molecular weight excluding hydrogens is 448 g/mol. The van der Waals surface area contributed by atoms with E-state index in [0.717, 1.165) is 36.6 Å². The number of benzene rings is 1. The molecule has 0 unspecified atom stereocenters. The van der Waals surface area contributed by atoms with Gasteiger partial charge in [0.1, 0.15) is 0 Å². The molecule has 1 aromatic carbocycles. The average molecular weight is 497 g/mol. The Morgan fingerprint density at radius 1 is 0.917 bits per heavy atom. The van der Waals surface area contributed by atoms with E-state index in [4.69, 9.17) is 9.72 Å². The molecule has 0 bridgehead atoms. The second-order valence-electron chi connectivity index (χ2n) is 11.3. The Labute approximate surface area is 219 Å². The molecule has 3 heterocycles. The lowest BCUT2D eigenvalue weighted by Crippen LogP contribution is -2.44. The monoisotopic (exact) mass is 496 g/mol. The first kappa shape index (κ1) is 28.6. The van der Waals surface area contributed by atoms with Gasteiger partial charge in [0.05, 0.1) is 11.3 Å². The summed E-state index contributed by atoms with van der Waals surface area (Å²) in [5.74, 6) is 1.02. The number of ether oxygens (including phenoxy) is 1. The molecule has 1 N–H and O–H groups in total. The van der Waals surface area contributed by atoms with Crippen molar-refractivity contribution < 1.29 is 9.84 Å². The van der Waals surface area contributed by atoms with E-state index in [0.29, 0.717) is 37.9 Å². The van der Waals surface area contributed by atoms with E-state index >= 15 is 0 Å². The molecule has 0 spiro atoms. The SMILES string of the molecule is CC(C)c1ccc(C2(O)CCOCC2)c(CN(C)C)n1.CC(C)c1ccc(N2CCN(C)CC2)cc1. The quantitative estimate of drug-likeness (QED) is 0.618. The van der Waals surface area contributed by atoms with E-state index in [1.165, 1.54) is 24.3 Å². The number of pyridine rings is 1. The van der Waals surface area contributed by atoms with Crippen LogP contribution in [0, 0.1) is 0 Å². The van der Waals surface area contributed by atoms with E-state index in [-0.39, 0.29) is 0 Å². The minimum absolute atomic E-state index is 0.397. The Kier molecular flexibility index (Phi) is 10.3. The molecule has 36 heavy (non-hydrogen) atoms. The lowest BCUT2D eigenvalue weighted by atomic mass is 9.85. The number of hydrogen-bond donors (Lipinski definition) is 1. The highest BCUT2D eigenvalue weighted by Crippen LogP contribution is 2.34. The van der Waals surface area contributed by atoms with Gasteiger partial charge in [0.25, 0.3) is 0 Å². The van der Waals surface area contributed by atoms with Gasteiger partial charge in [0, 0.05) is 75.7 Å². The smallest absolute Gasteiger partial charge is 0.0958 e. The molecule has 4 rings (SSSR count). The Morgan fingerprint density at radius 2 is 1.53 bits per heavy atom. The second kappa shape index (κ2) is 13.0. The van der Waals surface area contributed by atoms with E-state index in [9.17, 15) is 5.11 Å². The number of piperazine rings is 1. The third-order valence-corrected chi connectivity index (χ3v) is 7.30. The van der Waals surface area contributed by atoms with Crippen molar-refractivity contribution in [1.29, 1.82) is 0 Å². The van der Waals surface area contributed by atoms with Gasteiger partial charge in [-0.1, -0.05) is 45.9 Å². The fourth-order valence-electron chi connectivity index (χ4n) is 4.80. The van der Waals surface area contributed by atoms with Crippen molar-refractivity contribution in [2.24, 2.45) is 0 Å². The first-order chi connectivity index (χ1) is 17.1. The molecule has 0 radical (unpaired) electrons. The molecule has 6 nitrogen and oxygen atoms in total. The van der Waals surface area contributed by atoms with Gasteiger partial charge in [-0.15, -0.1) is 0 Å². The number of aromatic nitrogens is 1. The summed E-state index contributed by atoms with van der Waals surface area (Å²) in [6, 6.07) is 13.2. The molecule has 2 aromatic rings. The number of likely N-dealkylation sites (N-methyl/N-ethyl adjacent to an activating group) is 1. The molecule has 0 amide bonds. The van der Waals surface area contributed by atoms with Crippen LogP contribution in [0.3, 0.4) is 0 Å². The van der Waals surface area contributed by atoms with Gasteiger partial charge in [0.15, 0.2) is 0 Å². The molecule has 2 saturated heterocycles. The summed E-state index contributed by atoms with van der Waals surface area (Å²) in [5, 5.41) is 10.9. The molecule has 1 aromatic heterocycles. The van der Waals surface area contributed by atoms with Crippen LogP contribution in [0.5, 0.6) is 0 Å². The van der Waals surface area contributed by atoms with Gasteiger partial charge < -0.3 is 24.5 Å². The first-order valence-corrected chi connectivity index (χ1v) is 13.6. The summed E-state index contributed by atoms with van der Waals surface area (Å²) in [7, 11) is 6.25. The van der Waals surface area contributed by atoms with Crippen LogP contribution in [0.25, 0.3) is 0 Å². The normalized spacial score (nSPS) is 18.5. The summed E-state index contributed by atoms with van der Waals surface area (Å²) in [6.07, 6.45) is 1.30. The summed E-state index contributed by atoms with van der Waals surface area (Å²) in [6.45, 7) is 15.4. The van der Waals surface area contributed by atoms with Crippen molar-refractivity contribution in [2.45, 2.75) is 64.5 Å². The maximum atomic E-state index is 10.9. The Bertz CT molecular complexity index is 928. The van der Waals surface area contributed by atoms with E-state index in [1.807, 2.05) is 20.2 Å². The zero-order valence-corrected chi connectivity index (χ0v) is 23.6. The maximum Gasteiger partial charge on any atom is 0.0958 e. The third kappa shape index (κ3) is 7.75. The number of hydrogen-bond acceptors (Lipinski definition) is 6. The Morgan fingerprint density at radius 3 is 2.06 bits per heavy atom. The van der Waals surface area contributed by atoms with Crippen LogP contribution in [-0.2, 0) is 16.9 Å². The standard InChI is InChI=1S/C16H26N2O2.C14H22N2/c1-12(2)14-6-5-13(15(17-14)11-18(3)4)16(19)7-9-20-10-8-16;1-12(2)13-4-6-14(7-5-13)16-10-8-15(3)9-11-16/h5-6,12,19H,7-11H2,1-4H3;4-7,12H,8-11H2,1-3H3. The first-order valence-electron chi connectivity index (χ1n) is 13.6. The summed E-state index contributed by atoms with van der Waals surface area (Å²) in [5.41, 5.74) is 5.06. The van der Waals surface area contributed by atoms with Crippen molar-refractivity contribution in [1.82, 2.24) is 14.8 Å². The largest absolute Gasteiger partial charge is 0.385 e. The number of aliphatic hydroxyl groups is 1. The predicted molar refractivity (Wildman–Crippen MR) is 150 cm³/mol. The lowest BCUT2D eigenvalue weighted by Gasteiger charge is -2.34. The highest BCUT2D eigenvalue weighted by molar-refractivity contribution is 5.48. The zero-order chi connectivity index (χ0) is 26.3. The third-order valence-electron chi connectivity index (χ3n) is 7.30. The Balaban J connectivity index is 0.000000205. The molecule has 0 atom stereocenters. The minimum atomic E-state index is -0.786. The van der Waals surface area contributed by atoms with Crippen molar-refractivity contribution in [3.8, 4) is 0 Å². The van der Waals surface area contributed by atoms with Gasteiger partial charge in [0.2, 0.25) is 0 Å². The van der Waals surface area contributed by atoms with Crippen molar-refractivity contribution in [2.75, 3.05) is 65.4 Å². The summed E-state index contributed by atoms with van der Waals surface area (Å²) >= 11 is 0. The fourth-order valence-corrected chi connectivity index (χ4v) is 4.80. The summed E-state index contributed by atoms with van der Waals surface area (Å²) in [4.78, 5) is 11.8.